The molecule has 1 heterocycles. The molecule has 146 valence electrons. The van der Waals surface area contributed by atoms with E-state index in [1.165, 1.54) is 35.6 Å². The second kappa shape index (κ2) is 9.03. The minimum Gasteiger partial charge on any atom is -0.339 e. The van der Waals surface area contributed by atoms with Crippen LogP contribution in [0.15, 0.2) is 60.0 Å². The first-order valence-corrected chi connectivity index (χ1v) is 9.68. The summed E-state index contributed by atoms with van der Waals surface area (Å²) in [6.07, 6.45) is 0. The van der Waals surface area contributed by atoms with Gasteiger partial charge in [-0.2, -0.15) is 0 Å². The van der Waals surface area contributed by atoms with Crippen molar-refractivity contribution in [1.29, 1.82) is 0 Å². The third-order valence-corrected chi connectivity index (χ3v) is 5.38. The summed E-state index contributed by atoms with van der Waals surface area (Å²) < 4.78 is 40.2. The first-order valence-electron chi connectivity index (χ1n) is 8.80. The maximum absolute atomic E-state index is 13.9. The third kappa shape index (κ3) is 4.99. The number of halogens is 3. The predicted octanol–water partition coefficient (Wildman–Crippen LogP) is 3.70. The Morgan fingerprint density at radius 2 is 1.79 bits per heavy atom. The summed E-state index contributed by atoms with van der Waals surface area (Å²) >= 11 is 1.49. The minimum absolute atomic E-state index is 0.0705. The molecule has 0 radical (unpaired) electrons. The summed E-state index contributed by atoms with van der Waals surface area (Å²) in [7, 11) is 0. The van der Waals surface area contributed by atoms with Crippen LogP contribution in [0.4, 0.5) is 13.2 Å². The average molecular weight is 405 g/mol. The molecule has 0 fully saturated rings. The van der Waals surface area contributed by atoms with E-state index in [9.17, 15) is 18.0 Å². The van der Waals surface area contributed by atoms with E-state index in [-0.39, 0.29) is 30.4 Å². The number of hydrogen-bond acceptors (Lipinski definition) is 2. The van der Waals surface area contributed by atoms with Gasteiger partial charge in [0.15, 0.2) is 6.54 Å². The molecule has 0 aliphatic rings. The van der Waals surface area contributed by atoms with E-state index in [1.807, 2.05) is 17.5 Å². The number of carbonyl (C=O) groups excluding carboxylic acids is 1. The van der Waals surface area contributed by atoms with Crippen LogP contribution in [0.25, 0.3) is 0 Å². The van der Waals surface area contributed by atoms with Gasteiger partial charge >= 0.3 is 0 Å². The molecule has 0 aliphatic heterocycles. The van der Waals surface area contributed by atoms with Gasteiger partial charge < -0.3 is 10.6 Å². The monoisotopic (exact) mass is 405 g/mol. The number of nitrogens with one attached hydrogen (secondary N) is 1. The molecule has 3 rings (SSSR count). The Hall–Kier alpha value is -2.64. The van der Waals surface area contributed by atoms with E-state index in [4.69, 9.17) is 0 Å². The van der Waals surface area contributed by atoms with Crippen molar-refractivity contribution in [2.24, 2.45) is 0 Å². The number of hydrogen-bond donors (Lipinski definition) is 2. The van der Waals surface area contributed by atoms with Gasteiger partial charge in [-0.25, -0.2) is 13.2 Å². The number of thiophene rings is 1. The Labute approximate surface area is 165 Å². The van der Waals surface area contributed by atoms with E-state index in [1.54, 1.807) is 24.4 Å². The number of rotatable bonds is 7. The van der Waals surface area contributed by atoms with Crippen molar-refractivity contribution >= 4 is 17.2 Å². The van der Waals surface area contributed by atoms with Crippen molar-refractivity contribution in [3.8, 4) is 0 Å². The summed E-state index contributed by atoms with van der Waals surface area (Å²) in [5.74, 6) is -1.85. The first-order chi connectivity index (χ1) is 13.4. The van der Waals surface area contributed by atoms with Gasteiger partial charge in [0.2, 0.25) is 0 Å². The molecule has 1 amide bonds. The molecular weight excluding hydrogens is 385 g/mol. The Morgan fingerprint density at radius 3 is 2.43 bits per heavy atom. The van der Waals surface area contributed by atoms with E-state index in [2.05, 4.69) is 5.32 Å². The van der Waals surface area contributed by atoms with Crippen molar-refractivity contribution in [3.05, 3.63) is 93.4 Å². The van der Waals surface area contributed by atoms with Crippen LogP contribution in [0.2, 0.25) is 0 Å². The molecule has 28 heavy (non-hydrogen) atoms. The van der Waals surface area contributed by atoms with Crippen molar-refractivity contribution in [2.45, 2.75) is 19.0 Å². The van der Waals surface area contributed by atoms with E-state index in [0.29, 0.717) is 5.56 Å². The average Bonchev–Trinajstić information content (AvgIpc) is 3.19. The Kier molecular flexibility index (Phi) is 6.49. The molecular formula is C21H20F3N2OS+. The molecule has 0 unspecified atom stereocenters. The summed E-state index contributed by atoms with van der Waals surface area (Å²) in [5.41, 5.74) is 1.11. The summed E-state index contributed by atoms with van der Waals surface area (Å²) in [4.78, 5) is 13.4. The molecule has 0 spiro atoms. The molecule has 0 bridgehead atoms. The number of benzene rings is 2. The maximum Gasteiger partial charge on any atom is 0.275 e. The van der Waals surface area contributed by atoms with Crippen LogP contribution >= 0.6 is 11.3 Å². The fraction of sp³-hybridized carbons (Fsp3) is 0.190. The lowest BCUT2D eigenvalue weighted by Crippen LogP contribution is -2.87. The highest BCUT2D eigenvalue weighted by Gasteiger charge is 2.21. The normalized spacial score (nSPS) is 13.1. The van der Waals surface area contributed by atoms with Gasteiger partial charge in [-0.05, 0) is 48.2 Å². The van der Waals surface area contributed by atoms with Crippen molar-refractivity contribution in [2.75, 3.05) is 6.54 Å². The third-order valence-electron chi connectivity index (χ3n) is 4.45. The van der Waals surface area contributed by atoms with Gasteiger partial charge in [0.25, 0.3) is 5.91 Å². The lowest BCUT2D eigenvalue weighted by atomic mass is 10.1. The standard InChI is InChI=1S/C21H19F3N2OS/c1-13(17-9-8-16(23)11-18(17)24)25-12-20(27)26-21(19-3-2-10-28-19)14-4-6-15(22)7-5-14/h2-11,13,21,25H,12H2,1H3,(H,26,27)/p+1/t13-,21-/m0/s1. The topological polar surface area (TPSA) is 45.7 Å². The van der Waals surface area contributed by atoms with Crippen molar-refractivity contribution < 1.29 is 23.3 Å². The van der Waals surface area contributed by atoms with E-state index >= 15 is 0 Å². The molecule has 3 nitrogen and oxygen atoms in total. The highest BCUT2D eigenvalue weighted by atomic mass is 32.1. The van der Waals surface area contributed by atoms with Crippen LogP contribution in [0.1, 0.15) is 35.0 Å². The minimum atomic E-state index is -0.635. The highest BCUT2D eigenvalue weighted by Crippen LogP contribution is 2.26. The van der Waals surface area contributed by atoms with Gasteiger partial charge in [-0.15, -0.1) is 11.3 Å². The van der Waals surface area contributed by atoms with Crippen LogP contribution in [0.3, 0.4) is 0 Å². The first kappa shape index (κ1) is 20.1. The molecule has 2 atom stereocenters. The van der Waals surface area contributed by atoms with E-state index in [0.717, 1.165) is 16.5 Å². The number of carbonyl (C=O) groups is 1. The SMILES string of the molecule is C[C@H]([NH2+]CC(=O)N[C@@H](c1ccc(F)cc1)c1cccs1)c1ccc(F)cc1F. The zero-order chi connectivity index (χ0) is 20.1. The smallest absolute Gasteiger partial charge is 0.275 e. The van der Waals surface area contributed by atoms with Crippen molar-refractivity contribution in [1.82, 2.24) is 5.32 Å². The lowest BCUT2D eigenvalue weighted by molar-refractivity contribution is -0.682. The van der Waals surface area contributed by atoms with Gasteiger partial charge in [0.05, 0.1) is 6.04 Å². The highest BCUT2D eigenvalue weighted by molar-refractivity contribution is 7.10. The van der Waals surface area contributed by atoms with Gasteiger partial charge in [-0.1, -0.05) is 18.2 Å². The fourth-order valence-corrected chi connectivity index (χ4v) is 3.73. The predicted molar refractivity (Wildman–Crippen MR) is 102 cm³/mol. The quantitative estimate of drug-likeness (QED) is 0.619. The second-order valence-electron chi connectivity index (χ2n) is 6.46. The summed E-state index contributed by atoms with van der Waals surface area (Å²) in [5, 5.41) is 6.54. The van der Waals surface area contributed by atoms with Crippen LogP contribution in [-0.2, 0) is 4.79 Å². The molecule has 7 heteroatoms. The molecule has 1 aromatic heterocycles. The zero-order valence-corrected chi connectivity index (χ0v) is 16.0. The molecule has 3 aromatic rings. The second-order valence-corrected chi connectivity index (χ2v) is 7.44. The van der Waals surface area contributed by atoms with Crippen molar-refractivity contribution in [3.63, 3.8) is 0 Å². The Bertz CT molecular complexity index is 929. The van der Waals surface area contributed by atoms with Crippen LogP contribution in [0, 0.1) is 17.5 Å². The molecule has 2 aromatic carbocycles. The Balaban J connectivity index is 1.66. The van der Waals surface area contributed by atoms with Gasteiger partial charge in [-0.3, -0.25) is 4.79 Å². The number of amides is 1. The van der Waals surface area contributed by atoms with Crippen LogP contribution in [-0.4, -0.2) is 12.5 Å². The molecule has 0 saturated carbocycles. The zero-order valence-electron chi connectivity index (χ0n) is 15.2. The number of quaternary nitrogens is 1. The van der Waals surface area contributed by atoms with Gasteiger partial charge in [0, 0.05) is 16.5 Å². The van der Waals surface area contributed by atoms with Gasteiger partial charge in [0.1, 0.15) is 23.5 Å². The molecule has 0 aliphatic carbocycles. The van der Waals surface area contributed by atoms with Crippen LogP contribution in [0.5, 0.6) is 0 Å². The number of nitrogens with two attached hydrogens (primary N) is 1. The summed E-state index contributed by atoms with van der Waals surface area (Å²) in [6.45, 7) is 1.82. The Morgan fingerprint density at radius 1 is 1.07 bits per heavy atom. The van der Waals surface area contributed by atoms with Crippen LogP contribution < -0.4 is 10.6 Å². The molecule has 3 N–H and O–H groups in total. The maximum atomic E-state index is 13.9. The van der Waals surface area contributed by atoms with E-state index < -0.39 is 11.6 Å². The fourth-order valence-electron chi connectivity index (χ4n) is 2.93. The molecule has 0 saturated heterocycles. The lowest BCUT2D eigenvalue weighted by Gasteiger charge is -2.18. The summed E-state index contributed by atoms with van der Waals surface area (Å²) in [6, 6.07) is 12.5. The largest absolute Gasteiger partial charge is 0.339 e.